The van der Waals surface area contributed by atoms with E-state index in [1.807, 2.05) is 13.8 Å². The number of aliphatic hydroxyl groups is 1. The summed E-state index contributed by atoms with van der Waals surface area (Å²) in [4.78, 5) is 59.6. The van der Waals surface area contributed by atoms with Crippen molar-refractivity contribution in [2.24, 2.45) is 17.4 Å². The summed E-state index contributed by atoms with van der Waals surface area (Å²) in [5.74, 6) is -4.62. The predicted octanol–water partition coefficient (Wildman–Crippen LogP) is -2.53. The lowest BCUT2D eigenvalue weighted by atomic mass is 10.0. The van der Waals surface area contributed by atoms with Crippen LogP contribution >= 0.6 is 12.6 Å². The third-order valence-electron chi connectivity index (χ3n) is 4.23. The van der Waals surface area contributed by atoms with Gasteiger partial charge in [-0.3, -0.25) is 19.2 Å². The van der Waals surface area contributed by atoms with Crippen LogP contribution in [0.25, 0.3) is 0 Å². The van der Waals surface area contributed by atoms with E-state index in [0.717, 1.165) is 0 Å². The predicted molar refractivity (Wildman–Crippen MR) is 115 cm³/mol. The van der Waals surface area contributed by atoms with Gasteiger partial charge in [0.2, 0.25) is 23.6 Å². The molecule has 0 aromatic heterocycles. The molecule has 0 aromatic carbocycles. The van der Waals surface area contributed by atoms with E-state index in [1.165, 1.54) is 6.92 Å². The molecule has 31 heavy (non-hydrogen) atoms. The van der Waals surface area contributed by atoms with Crippen LogP contribution in [0.5, 0.6) is 0 Å². The minimum Gasteiger partial charge on any atom is -0.480 e. The zero-order valence-electron chi connectivity index (χ0n) is 17.8. The summed E-state index contributed by atoms with van der Waals surface area (Å²) < 4.78 is 0. The van der Waals surface area contributed by atoms with Gasteiger partial charge in [0, 0.05) is 12.2 Å². The van der Waals surface area contributed by atoms with Crippen molar-refractivity contribution in [3.63, 3.8) is 0 Å². The molecule has 0 aromatic rings. The van der Waals surface area contributed by atoms with Gasteiger partial charge in [0.05, 0.1) is 12.1 Å². The molecule has 4 amide bonds. The standard InChI is InChI=1S/C18H33N5O7S/c1-8(2)6-10(19)15(26)23-14(9(3)24)17(28)21-11(4-5-13(20)25)16(27)22-12(7-31)18(29)30/h8-12,14,24,31H,4-7,19H2,1-3H3,(H2,20,25)(H,21,28)(H,22,27)(H,23,26)(H,29,30). The number of nitrogens with one attached hydrogen (secondary N) is 3. The highest BCUT2D eigenvalue weighted by Gasteiger charge is 2.32. The molecular weight excluding hydrogens is 430 g/mol. The van der Waals surface area contributed by atoms with Gasteiger partial charge in [-0.1, -0.05) is 13.8 Å². The van der Waals surface area contributed by atoms with Crippen LogP contribution in [-0.4, -0.2) is 75.8 Å². The minimum absolute atomic E-state index is 0.121. The Kier molecular flexibility index (Phi) is 12.8. The lowest BCUT2D eigenvalue weighted by Crippen LogP contribution is -2.60. The van der Waals surface area contributed by atoms with Crippen molar-refractivity contribution in [3.05, 3.63) is 0 Å². The maximum Gasteiger partial charge on any atom is 0.327 e. The normalized spacial score (nSPS) is 15.8. The van der Waals surface area contributed by atoms with Crippen molar-refractivity contribution < 1.29 is 34.2 Å². The Morgan fingerprint density at radius 1 is 0.935 bits per heavy atom. The SMILES string of the molecule is CC(C)CC(N)C(=O)NC(C(=O)NC(CCC(N)=O)C(=O)NC(CS)C(=O)O)C(C)O. The van der Waals surface area contributed by atoms with Crippen molar-refractivity contribution in [1.82, 2.24) is 16.0 Å². The molecule has 0 aliphatic heterocycles. The van der Waals surface area contributed by atoms with Gasteiger partial charge in [-0.15, -0.1) is 0 Å². The average Bonchev–Trinajstić information content (AvgIpc) is 2.65. The summed E-state index contributed by atoms with van der Waals surface area (Å²) in [5, 5.41) is 25.9. The number of hydrogen-bond acceptors (Lipinski definition) is 8. The van der Waals surface area contributed by atoms with Gasteiger partial charge in [0.15, 0.2) is 0 Å². The first-order valence-corrected chi connectivity index (χ1v) is 10.4. The quantitative estimate of drug-likeness (QED) is 0.128. The second-order valence-electron chi connectivity index (χ2n) is 7.61. The van der Waals surface area contributed by atoms with Gasteiger partial charge in [0.1, 0.15) is 18.1 Å². The number of amides is 4. The Morgan fingerprint density at radius 3 is 1.90 bits per heavy atom. The molecule has 0 saturated carbocycles. The first-order chi connectivity index (χ1) is 14.3. The number of primary amides is 1. The number of aliphatic carboxylic acids is 1. The maximum atomic E-state index is 12.7. The molecule has 0 heterocycles. The van der Waals surface area contributed by atoms with E-state index < -0.39 is 59.9 Å². The number of rotatable bonds is 14. The highest BCUT2D eigenvalue weighted by molar-refractivity contribution is 7.80. The molecule has 0 saturated heterocycles. The van der Waals surface area contributed by atoms with Gasteiger partial charge in [-0.25, -0.2) is 4.79 Å². The molecule has 5 unspecified atom stereocenters. The summed E-state index contributed by atoms with van der Waals surface area (Å²) in [5.41, 5.74) is 10.9. The molecule has 0 aliphatic carbocycles. The van der Waals surface area contributed by atoms with Crippen molar-refractivity contribution in [1.29, 1.82) is 0 Å². The topological polar surface area (TPSA) is 214 Å². The molecule has 0 spiro atoms. The monoisotopic (exact) mass is 463 g/mol. The van der Waals surface area contributed by atoms with Crippen LogP contribution in [0.4, 0.5) is 0 Å². The van der Waals surface area contributed by atoms with Crippen molar-refractivity contribution in [2.75, 3.05) is 5.75 Å². The number of thiol groups is 1. The fourth-order valence-electron chi connectivity index (χ4n) is 2.56. The van der Waals surface area contributed by atoms with Crippen molar-refractivity contribution in [3.8, 4) is 0 Å². The summed E-state index contributed by atoms with van der Waals surface area (Å²) in [6.45, 7) is 4.99. The molecule has 0 fully saturated rings. The van der Waals surface area contributed by atoms with Crippen LogP contribution in [-0.2, 0) is 24.0 Å². The second kappa shape index (κ2) is 13.8. The van der Waals surface area contributed by atoms with Crippen molar-refractivity contribution in [2.45, 2.75) is 70.3 Å². The molecule has 0 rings (SSSR count). The third kappa shape index (κ3) is 11.0. The van der Waals surface area contributed by atoms with Gasteiger partial charge in [-0.2, -0.15) is 12.6 Å². The number of carbonyl (C=O) groups excluding carboxylic acids is 4. The molecule has 0 bridgehead atoms. The Hall–Kier alpha value is -2.38. The molecule has 12 nitrogen and oxygen atoms in total. The van der Waals surface area contributed by atoms with E-state index >= 15 is 0 Å². The number of nitrogens with two attached hydrogens (primary N) is 2. The molecule has 13 heteroatoms. The molecule has 178 valence electrons. The van der Waals surface area contributed by atoms with Gasteiger partial charge in [0.25, 0.3) is 0 Å². The molecular formula is C18H33N5O7S. The van der Waals surface area contributed by atoms with Crippen LogP contribution in [0.3, 0.4) is 0 Å². The van der Waals surface area contributed by atoms with E-state index in [0.29, 0.717) is 6.42 Å². The number of aliphatic hydroxyl groups excluding tert-OH is 1. The van der Waals surface area contributed by atoms with E-state index in [2.05, 4.69) is 28.6 Å². The summed E-state index contributed by atoms with van der Waals surface area (Å²) in [6, 6.07) is -5.02. The van der Waals surface area contributed by atoms with Crippen LogP contribution in [0.2, 0.25) is 0 Å². The zero-order chi connectivity index (χ0) is 24.3. The fourth-order valence-corrected chi connectivity index (χ4v) is 2.80. The fraction of sp³-hybridized carbons (Fsp3) is 0.722. The molecule has 0 aliphatic rings. The summed E-state index contributed by atoms with van der Waals surface area (Å²) in [7, 11) is 0. The number of hydrogen-bond donors (Lipinski definition) is 8. The van der Waals surface area contributed by atoms with Gasteiger partial charge < -0.3 is 37.6 Å². The molecule has 0 radical (unpaired) electrons. The third-order valence-corrected chi connectivity index (χ3v) is 4.60. The second-order valence-corrected chi connectivity index (χ2v) is 7.98. The minimum atomic E-state index is -1.44. The van der Waals surface area contributed by atoms with Crippen LogP contribution in [0, 0.1) is 5.92 Å². The lowest BCUT2D eigenvalue weighted by Gasteiger charge is -2.26. The largest absolute Gasteiger partial charge is 0.480 e. The number of carbonyl (C=O) groups is 5. The Bertz CT molecular complexity index is 659. The Balaban J connectivity index is 5.39. The zero-order valence-corrected chi connectivity index (χ0v) is 18.7. The van der Waals surface area contributed by atoms with Gasteiger partial charge in [-0.05, 0) is 25.7 Å². The smallest absolute Gasteiger partial charge is 0.327 e. The van der Waals surface area contributed by atoms with E-state index in [-0.39, 0.29) is 24.5 Å². The first-order valence-electron chi connectivity index (χ1n) is 9.76. The summed E-state index contributed by atoms with van der Waals surface area (Å²) in [6.07, 6.45) is -1.48. The molecule has 5 atom stereocenters. The highest BCUT2D eigenvalue weighted by Crippen LogP contribution is 2.05. The van der Waals surface area contributed by atoms with E-state index in [1.54, 1.807) is 0 Å². The maximum absolute atomic E-state index is 12.7. The Labute approximate surface area is 186 Å². The number of carboxylic acids is 1. The lowest BCUT2D eigenvalue weighted by molar-refractivity contribution is -0.142. The summed E-state index contributed by atoms with van der Waals surface area (Å²) >= 11 is 3.84. The van der Waals surface area contributed by atoms with E-state index in [9.17, 15) is 29.1 Å². The Morgan fingerprint density at radius 2 is 1.48 bits per heavy atom. The first kappa shape index (κ1) is 28.6. The van der Waals surface area contributed by atoms with Crippen LogP contribution in [0.1, 0.15) is 40.0 Å². The van der Waals surface area contributed by atoms with Gasteiger partial charge >= 0.3 is 5.97 Å². The van der Waals surface area contributed by atoms with E-state index in [4.69, 9.17) is 16.6 Å². The van der Waals surface area contributed by atoms with Crippen LogP contribution < -0.4 is 27.4 Å². The molecule has 9 N–H and O–H groups in total. The highest BCUT2D eigenvalue weighted by atomic mass is 32.1. The van der Waals surface area contributed by atoms with Crippen LogP contribution in [0.15, 0.2) is 0 Å². The number of carboxylic acid groups (broad SMARTS) is 1. The average molecular weight is 464 g/mol. The van der Waals surface area contributed by atoms with Crippen molar-refractivity contribution >= 4 is 42.2 Å².